The summed E-state index contributed by atoms with van der Waals surface area (Å²) in [5.41, 5.74) is -0.637. The van der Waals surface area contributed by atoms with E-state index >= 15 is 0 Å². The average Bonchev–Trinajstić information content (AvgIpc) is 2.81. The molecule has 1 N–H and O–H groups in total. The third-order valence-corrected chi connectivity index (χ3v) is 3.21. The van der Waals surface area contributed by atoms with Gasteiger partial charge in [0.1, 0.15) is 6.04 Å². The maximum absolute atomic E-state index is 13.1. The van der Waals surface area contributed by atoms with Gasteiger partial charge in [-0.05, 0) is 12.1 Å². The number of carbonyl (C=O) groups excluding carboxylic acids is 4. The third-order valence-electron chi connectivity index (χ3n) is 3.21. The second-order valence-electron chi connectivity index (χ2n) is 4.42. The van der Waals surface area contributed by atoms with Gasteiger partial charge in [-0.1, -0.05) is 0 Å². The van der Waals surface area contributed by atoms with Crippen LogP contribution in [0.4, 0.5) is 8.78 Å². The lowest BCUT2D eigenvalue weighted by Crippen LogP contribution is -2.44. The molecule has 20 heavy (non-hydrogen) atoms. The van der Waals surface area contributed by atoms with E-state index in [1.54, 1.807) is 0 Å². The molecule has 1 aromatic carbocycles. The van der Waals surface area contributed by atoms with Crippen molar-refractivity contribution in [3.8, 4) is 0 Å². The van der Waals surface area contributed by atoms with Gasteiger partial charge in [0.2, 0.25) is 11.8 Å². The number of imide groups is 2. The summed E-state index contributed by atoms with van der Waals surface area (Å²) in [6.07, 6.45) is -0.352. The Morgan fingerprint density at radius 3 is 1.90 bits per heavy atom. The quantitative estimate of drug-likeness (QED) is 0.732. The molecule has 1 fully saturated rings. The molecule has 0 saturated carbocycles. The van der Waals surface area contributed by atoms with Crippen LogP contribution in [0.5, 0.6) is 0 Å². The van der Waals surface area contributed by atoms with Crippen LogP contribution in [0.2, 0.25) is 0 Å². The van der Waals surface area contributed by atoms with E-state index in [1.807, 2.05) is 5.32 Å². The number of nitrogens with one attached hydrogen (secondary N) is 1. The molecule has 1 saturated heterocycles. The van der Waals surface area contributed by atoms with E-state index in [1.165, 1.54) is 0 Å². The highest BCUT2D eigenvalue weighted by Gasteiger charge is 2.47. The number of halogens is 2. The minimum absolute atomic E-state index is 0.318. The van der Waals surface area contributed by atoms with Crippen molar-refractivity contribution < 1.29 is 28.0 Å². The molecule has 1 atom stereocenters. The topological polar surface area (TPSA) is 83.6 Å². The fraction of sp³-hybridized carbons (Fsp3) is 0.167. The monoisotopic (exact) mass is 280 g/mol. The molecule has 1 aromatic rings. The largest absolute Gasteiger partial charge is 0.295 e. The number of carbonyl (C=O) groups is 4. The van der Waals surface area contributed by atoms with Crippen molar-refractivity contribution in [2.75, 3.05) is 0 Å². The summed E-state index contributed by atoms with van der Waals surface area (Å²) in [5, 5.41) is 1.96. The predicted molar refractivity (Wildman–Crippen MR) is 58.4 cm³/mol. The molecule has 2 heterocycles. The first-order valence-electron chi connectivity index (χ1n) is 5.61. The van der Waals surface area contributed by atoms with Crippen LogP contribution in [0.15, 0.2) is 12.1 Å². The van der Waals surface area contributed by atoms with Crippen LogP contribution in [-0.2, 0) is 9.59 Å². The van der Waals surface area contributed by atoms with Gasteiger partial charge >= 0.3 is 0 Å². The van der Waals surface area contributed by atoms with Gasteiger partial charge in [-0.2, -0.15) is 0 Å². The molecule has 2 aliphatic rings. The van der Waals surface area contributed by atoms with Crippen molar-refractivity contribution in [2.24, 2.45) is 0 Å². The van der Waals surface area contributed by atoms with Gasteiger partial charge in [0, 0.05) is 0 Å². The van der Waals surface area contributed by atoms with Crippen molar-refractivity contribution in [2.45, 2.75) is 12.5 Å². The molecule has 0 bridgehead atoms. The summed E-state index contributed by atoms with van der Waals surface area (Å²) >= 11 is 0. The predicted octanol–water partition coefficient (Wildman–Crippen LogP) is -0.0241. The molecule has 6 nitrogen and oxygen atoms in total. The Balaban J connectivity index is 2.06. The summed E-state index contributed by atoms with van der Waals surface area (Å²) in [4.78, 5) is 47.3. The van der Waals surface area contributed by atoms with E-state index in [2.05, 4.69) is 0 Å². The van der Waals surface area contributed by atoms with Crippen LogP contribution < -0.4 is 5.32 Å². The van der Waals surface area contributed by atoms with E-state index in [4.69, 9.17) is 0 Å². The van der Waals surface area contributed by atoms with E-state index < -0.39 is 41.3 Å². The number of fused-ring (bicyclic) bond motifs is 1. The van der Waals surface area contributed by atoms with Crippen LogP contribution in [-0.4, -0.2) is 34.6 Å². The van der Waals surface area contributed by atoms with E-state index in [0.717, 1.165) is 0 Å². The molecule has 102 valence electrons. The summed E-state index contributed by atoms with van der Waals surface area (Å²) in [5.74, 6) is -5.77. The Kier molecular flexibility index (Phi) is 2.43. The SMILES string of the molecule is O=C1CC(N2C(=O)c3cc(F)c(F)cc3C2=O)C(=O)N1. The minimum Gasteiger partial charge on any atom is -0.295 e. The Labute approximate surface area is 110 Å². The Morgan fingerprint density at radius 1 is 1.00 bits per heavy atom. The lowest BCUT2D eigenvalue weighted by Gasteiger charge is -2.18. The average molecular weight is 280 g/mol. The summed E-state index contributed by atoms with van der Waals surface area (Å²) < 4.78 is 26.3. The second-order valence-corrected chi connectivity index (χ2v) is 4.42. The standard InChI is InChI=1S/C12H6F2N2O4/c13-6-1-4-5(2-7(6)14)12(20)16(11(4)19)8-3-9(17)15-10(8)18/h1-2,8H,3H2,(H,15,17,18). The zero-order chi connectivity index (χ0) is 14.6. The Morgan fingerprint density at radius 2 is 1.50 bits per heavy atom. The van der Waals surface area contributed by atoms with E-state index in [9.17, 15) is 28.0 Å². The van der Waals surface area contributed by atoms with Crippen molar-refractivity contribution in [3.63, 3.8) is 0 Å². The molecule has 0 aromatic heterocycles. The third kappa shape index (κ3) is 1.54. The van der Waals surface area contributed by atoms with E-state index in [0.29, 0.717) is 17.0 Å². The molecular formula is C12H6F2N2O4. The lowest BCUT2D eigenvalue weighted by atomic mass is 10.1. The molecule has 8 heteroatoms. The first-order valence-corrected chi connectivity index (χ1v) is 5.61. The first kappa shape index (κ1) is 12.4. The Hall–Kier alpha value is -2.64. The first-order chi connectivity index (χ1) is 9.40. The highest BCUT2D eigenvalue weighted by Crippen LogP contribution is 2.28. The fourth-order valence-corrected chi connectivity index (χ4v) is 2.28. The molecule has 0 aliphatic carbocycles. The maximum Gasteiger partial charge on any atom is 0.262 e. The maximum atomic E-state index is 13.1. The molecular weight excluding hydrogens is 274 g/mol. The number of hydrogen-bond acceptors (Lipinski definition) is 4. The number of nitrogens with zero attached hydrogens (tertiary/aromatic N) is 1. The van der Waals surface area contributed by atoms with Crippen LogP contribution in [0, 0.1) is 11.6 Å². The smallest absolute Gasteiger partial charge is 0.262 e. The van der Waals surface area contributed by atoms with Crippen LogP contribution in [0.3, 0.4) is 0 Å². The van der Waals surface area contributed by atoms with E-state index in [-0.39, 0.29) is 17.5 Å². The van der Waals surface area contributed by atoms with Crippen molar-refractivity contribution in [1.82, 2.24) is 10.2 Å². The van der Waals surface area contributed by atoms with Gasteiger partial charge in [0.25, 0.3) is 11.8 Å². The number of rotatable bonds is 1. The number of benzene rings is 1. The zero-order valence-electron chi connectivity index (χ0n) is 9.78. The lowest BCUT2D eigenvalue weighted by molar-refractivity contribution is -0.125. The second kappa shape index (κ2) is 3.92. The fourth-order valence-electron chi connectivity index (χ4n) is 2.28. The van der Waals surface area contributed by atoms with Crippen molar-refractivity contribution >= 4 is 23.6 Å². The van der Waals surface area contributed by atoms with Crippen molar-refractivity contribution in [1.29, 1.82) is 0 Å². The highest BCUT2D eigenvalue weighted by atomic mass is 19.2. The normalized spacial score (nSPS) is 21.5. The number of hydrogen-bond donors (Lipinski definition) is 1. The van der Waals surface area contributed by atoms with Crippen LogP contribution in [0.1, 0.15) is 27.1 Å². The molecule has 1 unspecified atom stereocenters. The molecule has 3 rings (SSSR count). The molecule has 0 radical (unpaired) electrons. The zero-order valence-corrected chi connectivity index (χ0v) is 9.78. The summed E-state index contributed by atoms with van der Waals surface area (Å²) in [7, 11) is 0. The van der Waals surface area contributed by atoms with Gasteiger partial charge < -0.3 is 0 Å². The van der Waals surface area contributed by atoms with Gasteiger partial charge in [-0.15, -0.1) is 0 Å². The van der Waals surface area contributed by atoms with Gasteiger partial charge in [-0.3, -0.25) is 29.4 Å². The Bertz CT molecular complexity index is 660. The summed E-state index contributed by atoms with van der Waals surface area (Å²) in [6, 6.07) is -0.0554. The van der Waals surface area contributed by atoms with Crippen molar-refractivity contribution in [3.05, 3.63) is 34.9 Å². The van der Waals surface area contributed by atoms with Gasteiger partial charge in [0.05, 0.1) is 17.5 Å². The van der Waals surface area contributed by atoms with Gasteiger partial charge in [0.15, 0.2) is 11.6 Å². The van der Waals surface area contributed by atoms with Gasteiger partial charge in [-0.25, -0.2) is 8.78 Å². The highest BCUT2D eigenvalue weighted by molar-refractivity contribution is 6.24. The van der Waals surface area contributed by atoms with Crippen LogP contribution in [0.25, 0.3) is 0 Å². The molecule has 0 spiro atoms. The number of amides is 4. The molecule has 4 amide bonds. The minimum atomic E-state index is -1.28. The summed E-state index contributed by atoms with van der Waals surface area (Å²) in [6.45, 7) is 0. The van der Waals surface area contributed by atoms with Crippen LogP contribution >= 0.6 is 0 Å². The molecule has 2 aliphatic heterocycles.